The molecule has 0 saturated heterocycles. The van der Waals surface area contributed by atoms with Crippen LogP contribution in [0.15, 0.2) is 12.3 Å². The van der Waals surface area contributed by atoms with E-state index in [-0.39, 0.29) is 15.7 Å². The van der Waals surface area contributed by atoms with Gasteiger partial charge in [0.15, 0.2) is 0 Å². The second-order valence-corrected chi connectivity index (χ2v) is 5.39. The van der Waals surface area contributed by atoms with Crippen molar-refractivity contribution >= 4 is 46.8 Å². The van der Waals surface area contributed by atoms with Gasteiger partial charge in [-0.2, -0.15) is 11.8 Å². The predicted octanol–water partition coefficient (Wildman–Crippen LogP) is 2.32. The lowest BCUT2D eigenvalue weighted by Gasteiger charge is -2.13. The van der Waals surface area contributed by atoms with Gasteiger partial charge in [-0.3, -0.25) is 4.79 Å². The van der Waals surface area contributed by atoms with E-state index >= 15 is 0 Å². The van der Waals surface area contributed by atoms with Crippen molar-refractivity contribution in [2.45, 2.75) is 12.5 Å². The molecule has 2 N–H and O–H groups in total. The van der Waals surface area contributed by atoms with Crippen LogP contribution in [0.4, 0.5) is 0 Å². The SMILES string of the molecule is CSCCC(NC(=O)c1cnc(Cl)c(Cl)c1)C(=O)O. The quantitative estimate of drug-likeness (QED) is 0.786. The molecule has 1 heterocycles. The van der Waals surface area contributed by atoms with Crippen LogP contribution >= 0.6 is 35.0 Å². The number of carbonyl (C=O) groups is 2. The third-order valence-corrected chi connectivity index (χ3v) is 3.60. The zero-order valence-corrected chi connectivity index (χ0v) is 12.3. The number of aromatic nitrogens is 1. The maximum atomic E-state index is 11.9. The number of rotatable bonds is 6. The van der Waals surface area contributed by atoms with E-state index in [0.717, 1.165) is 0 Å². The Morgan fingerprint density at radius 2 is 2.21 bits per heavy atom. The van der Waals surface area contributed by atoms with Crippen LogP contribution in [0, 0.1) is 0 Å². The van der Waals surface area contributed by atoms with E-state index in [9.17, 15) is 9.59 Å². The maximum absolute atomic E-state index is 11.9. The lowest BCUT2D eigenvalue weighted by molar-refractivity contribution is -0.139. The molecular formula is C11H12Cl2N2O3S. The topological polar surface area (TPSA) is 79.3 Å². The summed E-state index contributed by atoms with van der Waals surface area (Å²) >= 11 is 12.9. The van der Waals surface area contributed by atoms with Crippen LogP contribution in [0.25, 0.3) is 0 Å². The molecule has 1 aromatic rings. The monoisotopic (exact) mass is 322 g/mol. The molecule has 0 radical (unpaired) electrons. The first-order valence-corrected chi connectivity index (χ1v) is 7.44. The minimum absolute atomic E-state index is 0.0929. The molecule has 5 nitrogen and oxygen atoms in total. The lowest BCUT2D eigenvalue weighted by Crippen LogP contribution is -2.41. The summed E-state index contributed by atoms with van der Waals surface area (Å²) in [5.74, 6) is -0.980. The normalized spacial score (nSPS) is 11.9. The summed E-state index contributed by atoms with van der Waals surface area (Å²) in [6.07, 6.45) is 3.46. The number of hydrogen-bond acceptors (Lipinski definition) is 4. The standard InChI is InChI=1S/C11H12Cl2N2O3S/c1-19-3-2-8(11(17)18)15-10(16)6-4-7(12)9(13)14-5-6/h4-5,8H,2-3H2,1H3,(H,15,16)(H,17,18). The zero-order valence-electron chi connectivity index (χ0n) is 10.0. The highest BCUT2D eigenvalue weighted by Crippen LogP contribution is 2.19. The first-order chi connectivity index (χ1) is 8.95. The lowest BCUT2D eigenvalue weighted by atomic mass is 10.2. The fourth-order valence-corrected chi connectivity index (χ4v) is 2.02. The number of aliphatic carboxylic acids is 1. The fraction of sp³-hybridized carbons (Fsp3) is 0.364. The van der Waals surface area contributed by atoms with Crippen molar-refractivity contribution in [3.63, 3.8) is 0 Å². The Kier molecular flexibility index (Phi) is 6.41. The Bertz CT molecular complexity index is 485. The van der Waals surface area contributed by atoms with Crippen LogP contribution in [0.5, 0.6) is 0 Å². The number of pyridine rings is 1. The van der Waals surface area contributed by atoms with E-state index in [0.29, 0.717) is 12.2 Å². The molecule has 0 fully saturated rings. The number of amides is 1. The molecule has 19 heavy (non-hydrogen) atoms. The third kappa shape index (κ3) is 4.89. The van der Waals surface area contributed by atoms with E-state index in [2.05, 4.69) is 10.3 Å². The Hall–Kier alpha value is -0.980. The number of thioether (sulfide) groups is 1. The van der Waals surface area contributed by atoms with Gasteiger partial charge in [-0.15, -0.1) is 0 Å². The van der Waals surface area contributed by atoms with Crippen molar-refractivity contribution in [1.82, 2.24) is 10.3 Å². The van der Waals surface area contributed by atoms with Crippen molar-refractivity contribution in [2.75, 3.05) is 12.0 Å². The molecule has 0 aliphatic rings. The highest BCUT2D eigenvalue weighted by atomic mass is 35.5. The summed E-state index contributed by atoms with van der Waals surface area (Å²) < 4.78 is 0. The summed E-state index contributed by atoms with van der Waals surface area (Å²) in [6.45, 7) is 0. The molecule has 0 aromatic carbocycles. The number of nitrogens with zero attached hydrogens (tertiary/aromatic N) is 1. The molecule has 0 aliphatic heterocycles. The fourth-order valence-electron chi connectivity index (χ4n) is 1.28. The number of hydrogen-bond donors (Lipinski definition) is 2. The molecule has 1 atom stereocenters. The smallest absolute Gasteiger partial charge is 0.326 e. The molecular weight excluding hydrogens is 311 g/mol. The summed E-state index contributed by atoms with van der Waals surface area (Å²) in [4.78, 5) is 26.6. The number of carbonyl (C=O) groups excluding carboxylic acids is 1. The second kappa shape index (κ2) is 7.57. The molecule has 1 aromatic heterocycles. The largest absolute Gasteiger partial charge is 0.480 e. The third-order valence-electron chi connectivity index (χ3n) is 2.27. The zero-order chi connectivity index (χ0) is 14.4. The number of carboxylic acid groups (broad SMARTS) is 1. The van der Waals surface area contributed by atoms with Crippen LogP contribution < -0.4 is 5.32 Å². The Balaban J connectivity index is 2.75. The summed E-state index contributed by atoms with van der Waals surface area (Å²) in [6, 6.07) is 0.411. The highest BCUT2D eigenvalue weighted by Gasteiger charge is 2.20. The molecule has 104 valence electrons. The minimum Gasteiger partial charge on any atom is -0.480 e. The average molecular weight is 323 g/mol. The van der Waals surface area contributed by atoms with Gasteiger partial charge in [0.05, 0.1) is 10.6 Å². The van der Waals surface area contributed by atoms with E-state index in [4.69, 9.17) is 28.3 Å². The van der Waals surface area contributed by atoms with Gasteiger partial charge in [-0.05, 0) is 24.5 Å². The Labute approximate surface area is 124 Å². The van der Waals surface area contributed by atoms with Gasteiger partial charge in [0.25, 0.3) is 5.91 Å². The summed E-state index contributed by atoms with van der Waals surface area (Å²) in [5, 5.41) is 11.7. The number of carboxylic acids is 1. The van der Waals surface area contributed by atoms with Gasteiger partial charge >= 0.3 is 5.97 Å². The first kappa shape index (κ1) is 16.1. The van der Waals surface area contributed by atoms with Crippen LogP contribution in [0.2, 0.25) is 10.2 Å². The highest BCUT2D eigenvalue weighted by molar-refractivity contribution is 7.98. The predicted molar refractivity (Wildman–Crippen MR) is 76.1 cm³/mol. The molecule has 1 rings (SSSR count). The van der Waals surface area contributed by atoms with E-state index in [1.807, 2.05) is 6.26 Å². The van der Waals surface area contributed by atoms with Crippen LogP contribution in [0.1, 0.15) is 16.8 Å². The van der Waals surface area contributed by atoms with Crippen molar-refractivity contribution < 1.29 is 14.7 Å². The van der Waals surface area contributed by atoms with Gasteiger partial charge in [0, 0.05) is 6.20 Å². The average Bonchev–Trinajstić information content (AvgIpc) is 2.37. The molecule has 0 saturated carbocycles. The van der Waals surface area contributed by atoms with Gasteiger partial charge in [0.1, 0.15) is 11.2 Å². The van der Waals surface area contributed by atoms with Crippen molar-refractivity contribution in [3.8, 4) is 0 Å². The van der Waals surface area contributed by atoms with Gasteiger partial charge in [-0.25, -0.2) is 9.78 Å². The van der Waals surface area contributed by atoms with E-state index < -0.39 is 17.9 Å². The minimum atomic E-state index is -1.07. The molecule has 1 amide bonds. The number of halogens is 2. The van der Waals surface area contributed by atoms with Gasteiger partial charge in [-0.1, -0.05) is 23.2 Å². The van der Waals surface area contributed by atoms with Gasteiger partial charge in [0.2, 0.25) is 0 Å². The first-order valence-electron chi connectivity index (χ1n) is 5.29. The second-order valence-electron chi connectivity index (χ2n) is 3.64. The van der Waals surface area contributed by atoms with Gasteiger partial charge < -0.3 is 10.4 Å². The molecule has 0 bridgehead atoms. The molecule has 0 spiro atoms. The van der Waals surface area contributed by atoms with Crippen molar-refractivity contribution in [3.05, 3.63) is 28.0 Å². The maximum Gasteiger partial charge on any atom is 0.326 e. The number of nitrogens with one attached hydrogen (secondary N) is 1. The summed E-state index contributed by atoms with van der Waals surface area (Å²) in [7, 11) is 0. The summed E-state index contributed by atoms with van der Waals surface area (Å²) in [5.41, 5.74) is 0.171. The van der Waals surface area contributed by atoms with Crippen molar-refractivity contribution in [2.24, 2.45) is 0 Å². The van der Waals surface area contributed by atoms with Crippen LogP contribution in [-0.4, -0.2) is 40.0 Å². The van der Waals surface area contributed by atoms with E-state index in [1.165, 1.54) is 24.0 Å². The van der Waals surface area contributed by atoms with Crippen molar-refractivity contribution in [1.29, 1.82) is 0 Å². The molecule has 8 heteroatoms. The Morgan fingerprint density at radius 3 is 2.74 bits per heavy atom. The Morgan fingerprint density at radius 1 is 1.53 bits per heavy atom. The molecule has 1 unspecified atom stereocenters. The van der Waals surface area contributed by atoms with Crippen LogP contribution in [-0.2, 0) is 4.79 Å². The van der Waals surface area contributed by atoms with Crippen LogP contribution in [0.3, 0.4) is 0 Å². The van der Waals surface area contributed by atoms with E-state index in [1.54, 1.807) is 0 Å². The molecule has 0 aliphatic carbocycles.